The summed E-state index contributed by atoms with van der Waals surface area (Å²) in [6.45, 7) is 1.86. The smallest absolute Gasteiger partial charge is 0.317 e. The van der Waals surface area contributed by atoms with E-state index in [1.165, 1.54) is 6.07 Å². The number of hydrogen-bond acceptors (Lipinski definition) is 1. The number of benzene rings is 1. The zero-order chi connectivity index (χ0) is 13.0. The van der Waals surface area contributed by atoms with Crippen LogP contribution in [0.4, 0.5) is 13.2 Å². The molecule has 1 aromatic carbocycles. The molecule has 0 aromatic heterocycles. The Morgan fingerprint density at radius 1 is 1.16 bits per heavy atom. The molecule has 0 radical (unpaired) electrons. The second-order valence-electron chi connectivity index (χ2n) is 4.37. The topological polar surface area (TPSA) is 12.0 Å². The fourth-order valence-corrected chi connectivity index (χ4v) is 1.92. The molecule has 0 bridgehead atoms. The lowest BCUT2D eigenvalue weighted by Gasteiger charge is -2.17. The van der Waals surface area contributed by atoms with E-state index < -0.39 is 11.7 Å². The van der Waals surface area contributed by atoms with Crippen LogP contribution >= 0.6 is 12.4 Å². The van der Waals surface area contributed by atoms with Gasteiger partial charge in [-0.25, -0.2) is 0 Å². The molecule has 19 heavy (non-hydrogen) atoms. The lowest BCUT2D eigenvalue weighted by Crippen LogP contribution is -2.26. The number of nitrogens with one attached hydrogen (secondary N) is 1. The molecule has 0 aliphatic carbocycles. The maximum absolute atomic E-state index is 12.5. The monoisotopic (exact) mass is 289 g/mol. The van der Waals surface area contributed by atoms with Gasteiger partial charge in [0.25, 0.3) is 0 Å². The summed E-state index contributed by atoms with van der Waals surface area (Å²) in [4.78, 5) is 0. The first-order chi connectivity index (χ1) is 8.55. The van der Waals surface area contributed by atoms with Crippen molar-refractivity contribution in [2.75, 3.05) is 13.1 Å². The van der Waals surface area contributed by atoms with Gasteiger partial charge in [-0.15, -0.1) is 12.4 Å². The fraction of sp³-hybridized carbons (Fsp3) is 0.429. The molecule has 1 saturated heterocycles. The third kappa shape index (κ3) is 4.77. The summed E-state index contributed by atoms with van der Waals surface area (Å²) in [6.07, 6.45) is -2.37. The van der Waals surface area contributed by atoms with Crippen LogP contribution in [0.2, 0.25) is 0 Å². The fourth-order valence-electron chi connectivity index (χ4n) is 1.92. The first kappa shape index (κ1) is 15.9. The van der Waals surface area contributed by atoms with E-state index in [4.69, 9.17) is 0 Å². The van der Waals surface area contributed by atoms with Gasteiger partial charge in [0.1, 0.15) is 0 Å². The number of halogens is 4. The summed E-state index contributed by atoms with van der Waals surface area (Å²) < 4.78 is 37.5. The highest BCUT2D eigenvalue weighted by Gasteiger charge is 2.30. The summed E-state index contributed by atoms with van der Waals surface area (Å²) in [6, 6.07) is 5.18. The van der Waals surface area contributed by atoms with E-state index in [0.717, 1.165) is 38.1 Å². The normalized spacial score (nSPS) is 16.2. The van der Waals surface area contributed by atoms with Crippen molar-refractivity contribution in [2.45, 2.75) is 19.0 Å². The molecule has 1 fully saturated rings. The third-order valence-electron chi connectivity index (χ3n) is 2.95. The predicted octanol–water partition coefficient (Wildman–Crippen LogP) is 3.48. The van der Waals surface area contributed by atoms with Crippen LogP contribution in [0.1, 0.15) is 24.0 Å². The Morgan fingerprint density at radius 3 is 2.47 bits per heavy atom. The molecule has 1 aliphatic rings. The van der Waals surface area contributed by atoms with Gasteiger partial charge in [-0.1, -0.05) is 17.9 Å². The standard InChI is InChI=1S/C14H14F3N.ClH/c15-14(16,17)13-3-1-2-12(10-13)5-4-11-6-8-18-9-7-11;/h1-3,10-11,18H,6-9H2;1H. The number of rotatable bonds is 0. The van der Waals surface area contributed by atoms with Gasteiger partial charge < -0.3 is 5.32 Å². The Labute approximate surface area is 117 Å². The van der Waals surface area contributed by atoms with E-state index in [1.54, 1.807) is 6.07 Å². The van der Waals surface area contributed by atoms with Gasteiger partial charge in [-0.2, -0.15) is 13.2 Å². The van der Waals surface area contributed by atoms with Crippen LogP contribution in [0.15, 0.2) is 24.3 Å². The molecule has 1 aliphatic heterocycles. The van der Waals surface area contributed by atoms with Crippen molar-refractivity contribution in [3.63, 3.8) is 0 Å². The van der Waals surface area contributed by atoms with E-state index in [2.05, 4.69) is 17.2 Å². The minimum atomic E-state index is -4.30. The molecule has 1 nitrogen and oxygen atoms in total. The van der Waals surface area contributed by atoms with Crippen LogP contribution in [0.3, 0.4) is 0 Å². The van der Waals surface area contributed by atoms with E-state index in [9.17, 15) is 13.2 Å². The second kappa shape index (κ2) is 6.83. The van der Waals surface area contributed by atoms with Crippen molar-refractivity contribution >= 4 is 12.4 Å². The molecular weight excluding hydrogens is 275 g/mol. The van der Waals surface area contributed by atoms with Gasteiger partial charge in [0.05, 0.1) is 5.56 Å². The average molecular weight is 290 g/mol. The van der Waals surface area contributed by atoms with Crippen molar-refractivity contribution in [3.8, 4) is 11.8 Å². The molecule has 0 amide bonds. The lowest BCUT2D eigenvalue weighted by atomic mass is 9.98. The van der Waals surface area contributed by atoms with Gasteiger partial charge in [0.15, 0.2) is 0 Å². The largest absolute Gasteiger partial charge is 0.416 e. The van der Waals surface area contributed by atoms with E-state index in [0.29, 0.717) is 11.5 Å². The maximum Gasteiger partial charge on any atom is 0.416 e. The first-order valence-electron chi connectivity index (χ1n) is 5.95. The number of hydrogen-bond donors (Lipinski definition) is 1. The van der Waals surface area contributed by atoms with Crippen LogP contribution in [-0.4, -0.2) is 13.1 Å². The quantitative estimate of drug-likeness (QED) is 0.721. The summed E-state index contributed by atoms with van der Waals surface area (Å²) in [5.41, 5.74) is -0.206. The molecule has 0 unspecified atom stereocenters. The van der Waals surface area contributed by atoms with Crippen molar-refractivity contribution < 1.29 is 13.2 Å². The van der Waals surface area contributed by atoms with Crippen molar-refractivity contribution in [3.05, 3.63) is 35.4 Å². The number of alkyl halides is 3. The summed E-state index contributed by atoms with van der Waals surface area (Å²) >= 11 is 0. The van der Waals surface area contributed by atoms with Crippen molar-refractivity contribution in [2.24, 2.45) is 5.92 Å². The third-order valence-corrected chi connectivity index (χ3v) is 2.95. The Morgan fingerprint density at radius 2 is 1.84 bits per heavy atom. The molecule has 0 saturated carbocycles. The molecule has 5 heteroatoms. The summed E-state index contributed by atoms with van der Waals surface area (Å²) in [7, 11) is 0. The SMILES string of the molecule is Cl.FC(F)(F)c1cccc(C#CC2CCNCC2)c1. The van der Waals surface area contributed by atoms with Gasteiger partial charge in [0, 0.05) is 11.5 Å². The van der Waals surface area contributed by atoms with Crippen molar-refractivity contribution in [1.82, 2.24) is 5.32 Å². The van der Waals surface area contributed by atoms with Gasteiger partial charge in [0.2, 0.25) is 0 Å². The van der Waals surface area contributed by atoms with Gasteiger partial charge in [-0.3, -0.25) is 0 Å². The molecule has 2 rings (SSSR count). The highest BCUT2D eigenvalue weighted by Crippen LogP contribution is 2.29. The number of piperidine rings is 1. The first-order valence-corrected chi connectivity index (χ1v) is 5.95. The van der Waals surface area contributed by atoms with E-state index in [1.807, 2.05) is 0 Å². The molecule has 1 aromatic rings. The van der Waals surface area contributed by atoms with E-state index in [-0.39, 0.29) is 12.4 Å². The Bertz CT molecular complexity index is 468. The minimum Gasteiger partial charge on any atom is -0.317 e. The average Bonchev–Trinajstić information content (AvgIpc) is 2.37. The van der Waals surface area contributed by atoms with Crippen molar-refractivity contribution in [1.29, 1.82) is 0 Å². The molecule has 1 N–H and O–H groups in total. The zero-order valence-electron chi connectivity index (χ0n) is 10.3. The molecular formula is C14H15ClF3N. The van der Waals surface area contributed by atoms with Crippen LogP contribution in [0.5, 0.6) is 0 Å². The zero-order valence-corrected chi connectivity index (χ0v) is 11.1. The second-order valence-corrected chi connectivity index (χ2v) is 4.37. The predicted molar refractivity (Wildman–Crippen MR) is 71.2 cm³/mol. The highest BCUT2D eigenvalue weighted by atomic mass is 35.5. The summed E-state index contributed by atoms with van der Waals surface area (Å²) in [5, 5.41) is 3.23. The Hall–Kier alpha value is -1.18. The molecule has 0 spiro atoms. The minimum absolute atomic E-state index is 0. The lowest BCUT2D eigenvalue weighted by molar-refractivity contribution is -0.137. The molecule has 1 heterocycles. The highest BCUT2D eigenvalue weighted by molar-refractivity contribution is 5.85. The van der Waals surface area contributed by atoms with Crippen LogP contribution in [0, 0.1) is 17.8 Å². The van der Waals surface area contributed by atoms with Gasteiger partial charge in [-0.05, 0) is 44.1 Å². The molecule has 0 atom stereocenters. The Kier molecular flexibility index (Phi) is 5.71. The maximum atomic E-state index is 12.5. The molecule has 104 valence electrons. The van der Waals surface area contributed by atoms with Gasteiger partial charge >= 0.3 is 6.18 Å². The van der Waals surface area contributed by atoms with Crippen LogP contribution in [0.25, 0.3) is 0 Å². The summed E-state index contributed by atoms with van der Waals surface area (Å²) in [5.74, 6) is 6.20. The van der Waals surface area contributed by atoms with Crippen LogP contribution < -0.4 is 5.32 Å². The Balaban J connectivity index is 0.00000180. The van der Waals surface area contributed by atoms with E-state index >= 15 is 0 Å². The van der Waals surface area contributed by atoms with Crippen LogP contribution in [-0.2, 0) is 6.18 Å².